The Kier molecular flexibility index (Phi) is 8.45. The van der Waals surface area contributed by atoms with Gasteiger partial charge in [-0.1, -0.05) is 50.1 Å². The fourth-order valence-electron chi connectivity index (χ4n) is 5.09. The molecule has 2 aliphatic rings. The summed E-state index contributed by atoms with van der Waals surface area (Å²) in [6.45, 7) is 7.50. The zero-order chi connectivity index (χ0) is 24.8. The van der Waals surface area contributed by atoms with Gasteiger partial charge in [0.1, 0.15) is 5.82 Å². The maximum Gasteiger partial charge on any atom is 0.230 e. The van der Waals surface area contributed by atoms with E-state index in [4.69, 9.17) is 16.6 Å². The first-order chi connectivity index (χ1) is 16.9. The Morgan fingerprint density at radius 3 is 2.46 bits per heavy atom. The molecule has 1 aliphatic carbocycles. The number of halogens is 1. The molecular formula is C28H37ClN4O2. The number of nitrogens with one attached hydrogen (secondary N) is 2. The Labute approximate surface area is 213 Å². The van der Waals surface area contributed by atoms with Gasteiger partial charge in [0.25, 0.3) is 0 Å². The number of nitrogens with zero attached hydrogens (tertiary/aromatic N) is 2. The second-order valence-electron chi connectivity index (χ2n) is 10.3. The maximum absolute atomic E-state index is 13.0. The van der Waals surface area contributed by atoms with Crippen LogP contribution in [-0.4, -0.2) is 47.9 Å². The first-order valence-corrected chi connectivity index (χ1v) is 13.3. The van der Waals surface area contributed by atoms with Crippen LogP contribution in [-0.2, 0) is 15.0 Å². The fraction of sp³-hybridized carbons (Fsp3) is 0.536. The largest absolute Gasteiger partial charge is 0.355 e. The summed E-state index contributed by atoms with van der Waals surface area (Å²) in [5.74, 6) is 1.14. The van der Waals surface area contributed by atoms with E-state index < -0.39 is 0 Å². The number of carbonyl (C=O) groups excluding carboxylic acids is 2. The van der Waals surface area contributed by atoms with Crippen molar-refractivity contribution in [3.05, 3.63) is 58.7 Å². The zero-order valence-corrected chi connectivity index (χ0v) is 21.6. The van der Waals surface area contributed by atoms with E-state index in [0.29, 0.717) is 23.3 Å². The molecule has 0 unspecified atom stereocenters. The van der Waals surface area contributed by atoms with Gasteiger partial charge in [-0.25, -0.2) is 4.98 Å². The van der Waals surface area contributed by atoms with E-state index in [1.54, 1.807) is 0 Å². The predicted octanol–water partition coefficient (Wildman–Crippen LogP) is 5.14. The Morgan fingerprint density at radius 1 is 1.11 bits per heavy atom. The smallest absolute Gasteiger partial charge is 0.230 e. The number of hydrogen-bond acceptors (Lipinski definition) is 4. The number of piperidine rings is 1. The summed E-state index contributed by atoms with van der Waals surface area (Å²) in [4.78, 5) is 32.2. The van der Waals surface area contributed by atoms with Gasteiger partial charge in [0.05, 0.1) is 5.41 Å². The number of anilines is 1. The average molecular weight is 497 g/mol. The van der Waals surface area contributed by atoms with E-state index >= 15 is 0 Å². The monoisotopic (exact) mass is 496 g/mol. The highest BCUT2D eigenvalue weighted by Crippen LogP contribution is 2.44. The topological polar surface area (TPSA) is 74.3 Å². The van der Waals surface area contributed by atoms with Crippen molar-refractivity contribution in [2.24, 2.45) is 5.92 Å². The second kappa shape index (κ2) is 11.5. The van der Waals surface area contributed by atoms with Crippen LogP contribution in [0, 0.1) is 5.92 Å². The lowest BCUT2D eigenvalue weighted by Crippen LogP contribution is -2.49. The molecule has 4 rings (SSSR count). The van der Waals surface area contributed by atoms with Crippen LogP contribution in [0.2, 0.25) is 5.02 Å². The molecule has 2 heterocycles. The zero-order valence-electron chi connectivity index (χ0n) is 20.9. The van der Waals surface area contributed by atoms with Crippen molar-refractivity contribution in [3.8, 4) is 0 Å². The average Bonchev–Trinajstić information content (AvgIpc) is 2.83. The van der Waals surface area contributed by atoms with Gasteiger partial charge in [-0.2, -0.15) is 0 Å². The number of likely N-dealkylation sites (tertiary alicyclic amines) is 1. The van der Waals surface area contributed by atoms with Crippen LogP contribution in [0.15, 0.2) is 42.5 Å². The van der Waals surface area contributed by atoms with Crippen molar-refractivity contribution in [1.82, 2.24) is 15.2 Å². The second-order valence-corrected chi connectivity index (χ2v) is 10.7. The number of hydrogen-bond donors (Lipinski definition) is 2. The minimum atomic E-state index is -0.376. The molecule has 0 spiro atoms. The quantitative estimate of drug-likeness (QED) is 0.471. The van der Waals surface area contributed by atoms with Crippen LogP contribution in [0.5, 0.6) is 0 Å². The summed E-state index contributed by atoms with van der Waals surface area (Å²) >= 11 is 6.03. The van der Waals surface area contributed by atoms with E-state index in [0.717, 1.165) is 69.4 Å². The van der Waals surface area contributed by atoms with E-state index in [2.05, 4.69) is 21.6 Å². The molecule has 2 N–H and O–H groups in total. The van der Waals surface area contributed by atoms with Crippen LogP contribution in [0.1, 0.15) is 69.5 Å². The minimum absolute atomic E-state index is 0.00652. The lowest BCUT2D eigenvalue weighted by molar-refractivity contribution is -0.130. The summed E-state index contributed by atoms with van der Waals surface area (Å²) < 4.78 is 0. The summed E-state index contributed by atoms with van der Waals surface area (Å²) in [5.41, 5.74) is 1.76. The molecule has 0 radical (unpaired) electrons. The Morgan fingerprint density at radius 2 is 1.83 bits per heavy atom. The summed E-state index contributed by atoms with van der Waals surface area (Å²) in [6.07, 6.45) is 5.96. The number of benzene rings is 1. The number of aromatic nitrogens is 1. The molecule has 1 aromatic heterocycles. The molecule has 2 fully saturated rings. The summed E-state index contributed by atoms with van der Waals surface area (Å²) in [6, 6.07) is 13.6. The molecule has 7 heteroatoms. The van der Waals surface area contributed by atoms with Crippen LogP contribution in [0.4, 0.5) is 5.82 Å². The van der Waals surface area contributed by atoms with E-state index in [1.807, 2.05) is 50.2 Å². The molecule has 1 aromatic carbocycles. The van der Waals surface area contributed by atoms with Gasteiger partial charge in [-0.15, -0.1) is 0 Å². The normalized spacial score (nSPS) is 18.2. The third kappa shape index (κ3) is 6.22. The molecule has 1 saturated carbocycles. The van der Waals surface area contributed by atoms with E-state index in [9.17, 15) is 9.59 Å². The first kappa shape index (κ1) is 25.6. The molecule has 2 amide bonds. The first-order valence-electron chi connectivity index (χ1n) is 12.9. The highest BCUT2D eigenvalue weighted by Gasteiger charge is 2.45. The number of pyridine rings is 1. The molecule has 0 bridgehead atoms. The standard InChI is InChI=1S/C28H37ClN4O2/c1-20(2)26(34)32-25-7-3-6-24(31-25)21-12-18-33(19-13-21)17-5-16-30-27(35)28(14-4-15-28)22-8-10-23(29)11-9-22/h3,6-11,20-21H,4-5,12-19H2,1-2H3,(H,30,35)(H,31,32,34). The van der Waals surface area contributed by atoms with Crippen LogP contribution in [0.3, 0.4) is 0 Å². The molecule has 1 aliphatic heterocycles. The molecule has 1 saturated heterocycles. The molecule has 0 atom stereocenters. The van der Waals surface area contributed by atoms with E-state index in [1.165, 1.54) is 0 Å². The third-order valence-corrected chi connectivity index (χ3v) is 7.78. The number of amides is 2. The van der Waals surface area contributed by atoms with E-state index in [-0.39, 0.29) is 23.1 Å². The summed E-state index contributed by atoms with van der Waals surface area (Å²) in [7, 11) is 0. The third-order valence-electron chi connectivity index (χ3n) is 7.53. The van der Waals surface area contributed by atoms with Crippen molar-refractivity contribution in [2.75, 3.05) is 31.5 Å². The number of carbonyl (C=O) groups is 2. The predicted molar refractivity (Wildman–Crippen MR) is 141 cm³/mol. The molecular weight excluding hydrogens is 460 g/mol. The van der Waals surface area contributed by atoms with Gasteiger partial charge in [0.2, 0.25) is 11.8 Å². The molecule has 35 heavy (non-hydrogen) atoms. The highest BCUT2D eigenvalue weighted by atomic mass is 35.5. The van der Waals surface area contributed by atoms with Gasteiger partial charge < -0.3 is 15.5 Å². The lowest BCUT2D eigenvalue weighted by atomic mass is 9.64. The van der Waals surface area contributed by atoms with Crippen molar-refractivity contribution in [1.29, 1.82) is 0 Å². The molecule has 6 nitrogen and oxygen atoms in total. The van der Waals surface area contributed by atoms with Crippen LogP contribution < -0.4 is 10.6 Å². The van der Waals surface area contributed by atoms with Gasteiger partial charge >= 0.3 is 0 Å². The van der Waals surface area contributed by atoms with Gasteiger partial charge in [0, 0.05) is 29.1 Å². The lowest BCUT2D eigenvalue weighted by Gasteiger charge is -2.41. The molecule has 2 aromatic rings. The Hall–Kier alpha value is -2.44. The minimum Gasteiger partial charge on any atom is -0.355 e. The highest BCUT2D eigenvalue weighted by molar-refractivity contribution is 6.30. The van der Waals surface area contributed by atoms with Crippen molar-refractivity contribution >= 4 is 29.2 Å². The van der Waals surface area contributed by atoms with Crippen molar-refractivity contribution in [2.45, 2.75) is 63.7 Å². The number of rotatable bonds is 9. The van der Waals surface area contributed by atoms with Gasteiger partial charge in [-0.05, 0) is 81.6 Å². The summed E-state index contributed by atoms with van der Waals surface area (Å²) in [5, 5.41) is 6.81. The van der Waals surface area contributed by atoms with Crippen molar-refractivity contribution < 1.29 is 9.59 Å². The Balaban J connectivity index is 1.19. The van der Waals surface area contributed by atoms with Gasteiger partial charge in [-0.3, -0.25) is 9.59 Å². The van der Waals surface area contributed by atoms with Crippen LogP contribution in [0.25, 0.3) is 0 Å². The fourth-order valence-corrected chi connectivity index (χ4v) is 5.22. The molecule has 188 valence electrons. The maximum atomic E-state index is 13.0. The SMILES string of the molecule is CC(C)C(=O)Nc1cccc(C2CCN(CCCNC(=O)C3(c4ccc(Cl)cc4)CCC3)CC2)n1. The Bertz CT molecular complexity index is 1010. The van der Waals surface area contributed by atoms with Gasteiger partial charge in [0.15, 0.2) is 0 Å². The van der Waals surface area contributed by atoms with Crippen molar-refractivity contribution in [3.63, 3.8) is 0 Å². The van der Waals surface area contributed by atoms with Crippen LogP contribution >= 0.6 is 11.6 Å².